The lowest BCUT2D eigenvalue weighted by atomic mass is 10.1. The topological polar surface area (TPSA) is 53.6 Å². The standard InChI is InChI=1S/C21H24FN3O2/c1-4-10-25(13-27-3)19-9-8-15(11-14(19)2)23-12-16-20-17(22)6-5-7-18(20)24-21(16)26/h5-9,11-12,23H,4,10,13H2,1-3H3,(H,24,26)/b16-12+. The highest BCUT2D eigenvalue weighted by molar-refractivity contribution is 6.31. The Bertz CT molecular complexity index is 874. The van der Waals surface area contributed by atoms with E-state index >= 15 is 0 Å². The van der Waals surface area contributed by atoms with Gasteiger partial charge in [0, 0.05) is 36.8 Å². The Balaban J connectivity index is 1.82. The molecule has 5 nitrogen and oxygen atoms in total. The molecule has 2 N–H and O–H groups in total. The first kappa shape index (κ1) is 18.9. The number of amides is 1. The number of carbonyl (C=O) groups is 1. The van der Waals surface area contributed by atoms with E-state index in [1.807, 2.05) is 25.1 Å². The molecule has 142 valence electrons. The fourth-order valence-corrected chi connectivity index (χ4v) is 3.28. The molecule has 6 heteroatoms. The van der Waals surface area contributed by atoms with Crippen molar-refractivity contribution in [1.82, 2.24) is 0 Å². The molecule has 1 heterocycles. The van der Waals surface area contributed by atoms with Crippen molar-refractivity contribution < 1.29 is 13.9 Å². The van der Waals surface area contributed by atoms with E-state index in [-0.39, 0.29) is 11.5 Å². The van der Waals surface area contributed by atoms with E-state index in [2.05, 4.69) is 22.5 Å². The SMILES string of the molecule is CCCN(COC)c1ccc(N/C=C2/C(=O)Nc3cccc(F)c32)cc1C. The summed E-state index contributed by atoms with van der Waals surface area (Å²) in [7, 11) is 1.68. The molecule has 0 saturated heterocycles. The van der Waals surface area contributed by atoms with Crippen molar-refractivity contribution in [3.63, 3.8) is 0 Å². The molecule has 0 spiro atoms. The van der Waals surface area contributed by atoms with Crippen LogP contribution in [0.4, 0.5) is 21.5 Å². The number of carbonyl (C=O) groups excluding carboxylic acids is 1. The zero-order chi connectivity index (χ0) is 19.4. The average molecular weight is 369 g/mol. The molecule has 1 amide bonds. The molecule has 0 aliphatic carbocycles. The minimum absolute atomic E-state index is 0.289. The van der Waals surface area contributed by atoms with Crippen LogP contribution in [0.1, 0.15) is 24.5 Å². The van der Waals surface area contributed by atoms with Crippen molar-refractivity contribution in [3.8, 4) is 0 Å². The number of hydrogen-bond acceptors (Lipinski definition) is 4. The molecular weight excluding hydrogens is 345 g/mol. The summed E-state index contributed by atoms with van der Waals surface area (Å²) in [6.45, 7) is 5.59. The lowest BCUT2D eigenvalue weighted by Gasteiger charge is -2.25. The maximum atomic E-state index is 14.1. The lowest BCUT2D eigenvalue weighted by molar-refractivity contribution is -0.110. The summed E-state index contributed by atoms with van der Waals surface area (Å²) in [5.74, 6) is -0.731. The smallest absolute Gasteiger partial charge is 0.257 e. The predicted octanol–water partition coefficient (Wildman–Crippen LogP) is 4.36. The van der Waals surface area contributed by atoms with E-state index in [1.165, 1.54) is 6.07 Å². The molecule has 0 bridgehead atoms. The van der Waals surface area contributed by atoms with Gasteiger partial charge in [-0.15, -0.1) is 0 Å². The van der Waals surface area contributed by atoms with Crippen LogP contribution in [-0.4, -0.2) is 26.3 Å². The van der Waals surface area contributed by atoms with E-state index in [0.29, 0.717) is 18.0 Å². The van der Waals surface area contributed by atoms with Gasteiger partial charge in [-0.3, -0.25) is 4.79 Å². The zero-order valence-electron chi connectivity index (χ0n) is 15.8. The fourth-order valence-electron chi connectivity index (χ4n) is 3.28. The Labute approximate surface area is 158 Å². The van der Waals surface area contributed by atoms with E-state index in [9.17, 15) is 9.18 Å². The second-order valence-electron chi connectivity index (χ2n) is 6.50. The van der Waals surface area contributed by atoms with Gasteiger partial charge in [0.2, 0.25) is 0 Å². The summed E-state index contributed by atoms with van der Waals surface area (Å²) in [4.78, 5) is 14.3. The van der Waals surface area contributed by atoms with Crippen molar-refractivity contribution >= 4 is 28.5 Å². The van der Waals surface area contributed by atoms with E-state index in [0.717, 1.165) is 29.9 Å². The highest BCUT2D eigenvalue weighted by Gasteiger charge is 2.27. The minimum Gasteiger partial charge on any atom is -0.364 e. The van der Waals surface area contributed by atoms with Gasteiger partial charge in [0.15, 0.2) is 0 Å². The van der Waals surface area contributed by atoms with Crippen molar-refractivity contribution in [3.05, 3.63) is 59.5 Å². The third-order valence-corrected chi connectivity index (χ3v) is 4.47. The van der Waals surface area contributed by atoms with Gasteiger partial charge in [-0.1, -0.05) is 13.0 Å². The lowest BCUT2D eigenvalue weighted by Crippen LogP contribution is -2.27. The van der Waals surface area contributed by atoms with Crippen molar-refractivity contribution in [2.75, 3.05) is 35.9 Å². The molecule has 2 aromatic carbocycles. The van der Waals surface area contributed by atoms with Crippen LogP contribution in [0.25, 0.3) is 5.57 Å². The minimum atomic E-state index is -0.416. The molecule has 0 atom stereocenters. The maximum Gasteiger partial charge on any atom is 0.257 e. The average Bonchev–Trinajstić information content (AvgIpc) is 2.96. The van der Waals surface area contributed by atoms with E-state index in [1.54, 1.807) is 25.4 Å². The Morgan fingerprint density at radius 2 is 2.11 bits per heavy atom. The van der Waals surface area contributed by atoms with Crippen molar-refractivity contribution in [1.29, 1.82) is 0 Å². The normalized spacial score (nSPS) is 14.2. The van der Waals surface area contributed by atoms with Gasteiger partial charge < -0.3 is 20.3 Å². The third-order valence-electron chi connectivity index (χ3n) is 4.47. The summed E-state index contributed by atoms with van der Waals surface area (Å²) in [5.41, 5.74) is 4.11. The molecule has 0 unspecified atom stereocenters. The van der Waals surface area contributed by atoms with E-state index in [4.69, 9.17) is 4.74 Å². The molecule has 27 heavy (non-hydrogen) atoms. The van der Waals surface area contributed by atoms with Crippen molar-refractivity contribution in [2.45, 2.75) is 20.3 Å². The van der Waals surface area contributed by atoms with Gasteiger partial charge in [0.25, 0.3) is 5.91 Å². The number of rotatable bonds is 7. The number of benzene rings is 2. The number of nitrogens with zero attached hydrogens (tertiary/aromatic N) is 1. The summed E-state index contributed by atoms with van der Waals surface area (Å²) in [5, 5.41) is 5.80. The molecule has 0 fully saturated rings. The van der Waals surface area contributed by atoms with Gasteiger partial charge in [-0.2, -0.15) is 0 Å². The van der Waals surface area contributed by atoms with Crippen molar-refractivity contribution in [2.24, 2.45) is 0 Å². The van der Waals surface area contributed by atoms with Crippen LogP contribution in [-0.2, 0) is 9.53 Å². The zero-order valence-corrected chi connectivity index (χ0v) is 15.8. The number of hydrogen-bond donors (Lipinski definition) is 2. The molecule has 0 aromatic heterocycles. The highest BCUT2D eigenvalue weighted by atomic mass is 19.1. The van der Waals surface area contributed by atoms with Gasteiger partial charge in [-0.05, 0) is 49.2 Å². The van der Waals surface area contributed by atoms with Crippen LogP contribution in [0.3, 0.4) is 0 Å². The fraction of sp³-hybridized carbons (Fsp3) is 0.286. The first-order valence-corrected chi connectivity index (χ1v) is 8.96. The van der Waals surface area contributed by atoms with Crippen LogP contribution in [0, 0.1) is 12.7 Å². The highest BCUT2D eigenvalue weighted by Crippen LogP contribution is 2.33. The van der Waals surface area contributed by atoms with Crippen LogP contribution < -0.4 is 15.5 Å². The molecule has 2 aromatic rings. The molecule has 0 saturated carbocycles. The monoisotopic (exact) mass is 369 g/mol. The third kappa shape index (κ3) is 3.95. The van der Waals surface area contributed by atoms with Crippen LogP contribution in [0.15, 0.2) is 42.6 Å². The summed E-state index contributed by atoms with van der Waals surface area (Å²) in [6, 6.07) is 10.6. The van der Waals surface area contributed by atoms with Gasteiger partial charge >= 0.3 is 0 Å². The molecular formula is C21H24FN3O2. The Morgan fingerprint density at radius 1 is 1.30 bits per heavy atom. The first-order valence-electron chi connectivity index (χ1n) is 8.96. The number of anilines is 3. The second kappa shape index (κ2) is 8.22. The van der Waals surface area contributed by atoms with Crippen LogP contribution in [0.5, 0.6) is 0 Å². The van der Waals surface area contributed by atoms with Gasteiger partial charge in [0.05, 0.1) is 11.3 Å². The van der Waals surface area contributed by atoms with Gasteiger partial charge in [-0.25, -0.2) is 4.39 Å². The van der Waals surface area contributed by atoms with E-state index < -0.39 is 5.82 Å². The predicted molar refractivity (Wildman–Crippen MR) is 107 cm³/mol. The first-order chi connectivity index (χ1) is 13.0. The number of nitrogens with one attached hydrogen (secondary N) is 2. The Morgan fingerprint density at radius 3 is 2.81 bits per heavy atom. The molecule has 0 radical (unpaired) electrons. The number of fused-ring (bicyclic) bond motifs is 1. The van der Waals surface area contributed by atoms with Crippen LogP contribution >= 0.6 is 0 Å². The summed E-state index contributed by atoms with van der Waals surface area (Å²) in [6.07, 6.45) is 2.58. The Hall–Kier alpha value is -2.86. The summed E-state index contributed by atoms with van der Waals surface area (Å²) >= 11 is 0. The van der Waals surface area contributed by atoms with Gasteiger partial charge in [0.1, 0.15) is 12.5 Å². The molecule has 3 rings (SSSR count). The maximum absolute atomic E-state index is 14.1. The number of methoxy groups -OCH3 is 1. The number of ether oxygens (including phenoxy) is 1. The Kier molecular flexibility index (Phi) is 5.76. The van der Waals surface area contributed by atoms with Crippen LogP contribution in [0.2, 0.25) is 0 Å². The molecule has 1 aliphatic heterocycles. The largest absolute Gasteiger partial charge is 0.364 e. The number of aryl methyl sites for hydroxylation is 1. The second-order valence-corrected chi connectivity index (χ2v) is 6.50. The number of halogens is 1. The molecule has 1 aliphatic rings. The summed E-state index contributed by atoms with van der Waals surface area (Å²) < 4.78 is 19.4. The quantitative estimate of drug-likeness (QED) is 0.562.